The van der Waals surface area contributed by atoms with Crippen LogP contribution in [0.25, 0.3) is 33.5 Å². The number of aromatic nitrogens is 5. The van der Waals surface area contributed by atoms with Crippen LogP contribution in [0.3, 0.4) is 0 Å². The van der Waals surface area contributed by atoms with Crippen molar-refractivity contribution in [2.75, 3.05) is 18.8 Å². The van der Waals surface area contributed by atoms with Crippen molar-refractivity contribution in [2.45, 2.75) is 31.7 Å². The first kappa shape index (κ1) is 16.8. The van der Waals surface area contributed by atoms with E-state index in [1.54, 1.807) is 17.9 Å². The summed E-state index contributed by atoms with van der Waals surface area (Å²) in [4.78, 5) is 26.3. The average Bonchev–Trinajstić information content (AvgIpc) is 3.39. The maximum Gasteiger partial charge on any atom is 0.261 e. The maximum atomic E-state index is 12.7. The van der Waals surface area contributed by atoms with Crippen molar-refractivity contribution >= 4 is 27.8 Å². The van der Waals surface area contributed by atoms with Gasteiger partial charge in [-0.1, -0.05) is 0 Å². The van der Waals surface area contributed by atoms with Crippen molar-refractivity contribution < 1.29 is 0 Å². The zero-order valence-corrected chi connectivity index (χ0v) is 16.3. The number of hydrogen-bond acceptors (Lipinski definition) is 5. The first-order valence-corrected chi connectivity index (χ1v) is 10.2. The molecule has 29 heavy (non-hydrogen) atoms. The SMILES string of the molecule is Cn1ncc2[nH]c(=O)c(-c3nc4cc5c(cc4[nH]3)CCN(C3CC3)CC5)c(N)c21. The third-order valence-corrected chi connectivity index (χ3v) is 6.38. The third kappa shape index (κ3) is 2.59. The minimum absolute atomic E-state index is 0.260. The molecule has 4 N–H and O–H groups in total. The lowest BCUT2D eigenvalue weighted by Crippen LogP contribution is -2.28. The van der Waals surface area contributed by atoms with Gasteiger partial charge in [0.05, 0.1) is 28.4 Å². The normalized spacial score (nSPS) is 17.7. The van der Waals surface area contributed by atoms with Crippen molar-refractivity contribution in [3.05, 3.63) is 39.8 Å². The number of anilines is 1. The van der Waals surface area contributed by atoms with Gasteiger partial charge >= 0.3 is 0 Å². The molecule has 6 rings (SSSR count). The first-order chi connectivity index (χ1) is 14.1. The number of benzene rings is 1. The number of aromatic amines is 2. The van der Waals surface area contributed by atoms with Gasteiger partial charge in [0.25, 0.3) is 5.56 Å². The van der Waals surface area contributed by atoms with Gasteiger partial charge in [0.2, 0.25) is 0 Å². The fraction of sp³-hybridized carbons (Fsp3) is 0.381. The van der Waals surface area contributed by atoms with Gasteiger partial charge in [-0.25, -0.2) is 4.98 Å². The largest absolute Gasteiger partial charge is 0.396 e. The van der Waals surface area contributed by atoms with Gasteiger partial charge in [0.15, 0.2) is 0 Å². The highest BCUT2D eigenvalue weighted by Gasteiger charge is 2.30. The van der Waals surface area contributed by atoms with Crippen molar-refractivity contribution in [3.63, 3.8) is 0 Å². The number of rotatable bonds is 2. The van der Waals surface area contributed by atoms with E-state index in [0.29, 0.717) is 28.1 Å². The third-order valence-electron chi connectivity index (χ3n) is 6.38. The molecule has 0 spiro atoms. The van der Waals surface area contributed by atoms with E-state index in [4.69, 9.17) is 10.7 Å². The van der Waals surface area contributed by atoms with E-state index in [-0.39, 0.29) is 5.56 Å². The molecule has 4 aromatic rings. The van der Waals surface area contributed by atoms with E-state index in [9.17, 15) is 4.79 Å². The monoisotopic (exact) mass is 389 g/mol. The molecule has 0 saturated heterocycles. The van der Waals surface area contributed by atoms with Gasteiger partial charge in [0.1, 0.15) is 16.9 Å². The minimum Gasteiger partial charge on any atom is -0.396 e. The van der Waals surface area contributed by atoms with Crippen LogP contribution in [0, 0.1) is 0 Å². The van der Waals surface area contributed by atoms with E-state index in [1.165, 1.54) is 24.0 Å². The molecule has 1 aliphatic carbocycles. The Morgan fingerprint density at radius 2 is 1.86 bits per heavy atom. The Hall–Kier alpha value is -3.13. The molecule has 0 atom stereocenters. The summed E-state index contributed by atoms with van der Waals surface area (Å²) in [5.74, 6) is 0.501. The Labute approximate surface area is 166 Å². The molecular formula is C21H23N7O. The van der Waals surface area contributed by atoms with Crippen LogP contribution in [0.5, 0.6) is 0 Å². The average molecular weight is 389 g/mol. The second kappa shape index (κ2) is 5.93. The lowest BCUT2D eigenvalue weighted by Gasteiger charge is -2.18. The Morgan fingerprint density at radius 1 is 1.10 bits per heavy atom. The van der Waals surface area contributed by atoms with Gasteiger partial charge in [-0.05, 0) is 48.9 Å². The number of pyridine rings is 1. The van der Waals surface area contributed by atoms with Crippen LogP contribution in [-0.2, 0) is 19.9 Å². The van der Waals surface area contributed by atoms with Crippen LogP contribution in [0.4, 0.5) is 5.69 Å². The zero-order valence-electron chi connectivity index (χ0n) is 16.3. The summed E-state index contributed by atoms with van der Waals surface area (Å²) in [5, 5.41) is 4.19. The molecule has 1 saturated carbocycles. The van der Waals surface area contributed by atoms with Crippen LogP contribution in [0.2, 0.25) is 0 Å². The molecule has 0 unspecified atom stereocenters. The molecular weight excluding hydrogens is 366 g/mol. The molecule has 3 aromatic heterocycles. The predicted molar refractivity (Wildman–Crippen MR) is 113 cm³/mol. The Bertz CT molecular complexity index is 1280. The highest BCUT2D eigenvalue weighted by molar-refractivity contribution is 5.95. The van der Waals surface area contributed by atoms with E-state index in [1.807, 2.05) is 0 Å². The quantitative estimate of drug-likeness (QED) is 0.486. The number of H-pyrrole nitrogens is 2. The second-order valence-corrected chi connectivity index (χ2v) is 8.26. The van der Waals surface area contributed by atoms with Crippen LogP contribution >= 0.6 is 0 Å². The molecule has 4 heterocycles. The van der Waals surface area contributed by atoms with Gasteiger partial charge < -0.3 is 15.7 Å². The summed E-state index contributed by atoms with van der Waals surface area (Å²) in [6, 6.07) is 5.18. The number of nitrogen functional groups attached to an aromatic ring is 1. The highest BCUT2D eigenvalue weighted by Crippen LogP contribution is 2.32. The molecule has 1 fully saturated rings. The standard InChI is InChI=1S/C21H23N7O/c1-27-19-16(10-23-27)26-21(29)17(18(19)22)20-24-14-8-11-4-6-28(13-2-3-13)7-5-12(11)9-15(14)25-20/h8-10,13H,2-7H2,1H3,(H,24,25)(H3,22,26,29). The van der Waals surface area contributed by atoms with Crippen molar-refractivity contribution in [3.8, 4) is 11.4 Å². The van der Waals surface area contributed by atoms with Crippen LogP contribution < -0.4 is 11.3 Å². The van der Waals surface area contributed by atoms with Gasteiger partial charge in [-0.2, -0.15) is 5.10 Å². The smallest absolute Gasteiger partial charge is 0.261 e. The van der Waals surface area contributed by atoms with Crippen LogP contribution in [0.1, 0.15) is 24.0 Å². The highest BCUT2D eigenvalue weighted by atomic mass is 16.1. The van der Waals surface area contributed by atoms with Gasteiger partial charge in [-0.15, -0.1) is 0 Å². The molecule has 0 radical (unpaired) electrons. The summed E-state index contributed by atoms with van der Waals surface area (Å²) in [6.45, 7) is 2.23. The molecule has 8 heteroatoms. The lowest BCUT2D eigenvalue weighted by molar-refractivity contribution is 0.277. The Morgan fingerprint density at radius 3 is 2.62 bits per heavy atom. The topological polar surface area (TPSA) is 109 Å². The fourth-order valence-electron chi connectivity index (χ4n) is 4.68. The molecule has 148 valence electrons. The number of nitrogens with zero attached hydrogens (tertiary/aromatic N) is 4. The van der Waals surface area contributed by atoms with Gasteiger partial charge in [-0.3, -0.25) is 14.4 Å². The summed E-state index contributed by atoms with van der Waals surface area (Å²) in [7, 11) is 1.81. The number of imidazole rings is 1. The maximum absolute atomic E-state index is 12.7. The number of aryl methyl sites for hydroxylation is 1. The summed E-state index contributed by atoms with van der Waals surface area (Å²) >= 11 is 0. The predicted octanol–water partition coefficient (Wildman–Crippen LogP) is 1.95. The molecule has 1 aliphatic heterocycles. The fourth-order valence-corrected chi connectivity index (χ4v) is 4.68. The summed E-state index contributed by atoms with van der Waals surface area (Å²) in [6.07, 6.45) is 6.41. The van der Waals surface area contributed by atoms with Gasteiger partial charge in [0, 0.05) is 26.2 Å². The lowest BCUT2D eigenvalue weighted by atomic mass is 10.0. The van der Waals surface area contributed by atoms with Crippen LogP contribution in [-0.4, -0.2) is 48.8 Å². The summed E-state index contributed by atoms with van der Waals surface area (Å²) in [5.41, 5.74) is 12.8. The first-order valence-electron chi connectivity index (χ1n) is 10.2. The number of nitrogens with one attached hydrogen (secondary N) is 2. The molecule has 0 bridgehead atoms. The summed E-state index contributed by atoms with van der Waals surface area (Å²) < 4.78 is 1.67. The van der Waals surface area contributed by atoms with E-state index < -0.39 is 0 Å². The van der Waals surface area contributed by atoms with Crippen molar-refractivity contribution in [2.24, 2.45) is 7.05 Å². The second-order valence-electron chi connectivity index (χ2n) is 8.26. The van der Waals surface area contributed by atoms with E-state index in [2.05, 4.69) is 32.1 Å². The minimum atomic E-state index is -0.260. The number of fused-ring (bicyclic) bond motifs is 3. The van der Waals surface area contributed by atoms with Crippen molar-refractivity contribution in [1.29, 1.82) is 0 Å². The Balaban J connectivity index is 1.45. The molecule has 0 amide bonds. The van der Waals surface area contributed by atoms with Crippen LogP contribution in [0.15, 0.2) is 23.1 Å². The Kier molecular flexibility index (Phi) is 3.44. The van der Waals surface area contributed by atoms with Crippen molar-refractivity contribution in [1.82, 2.24) is 29.6 Å². The molecule has 8 nitrogen and oxygen atoms in total. The zero-order chi connectivity index (χ0) is 19.7. The number of nitrogens with two attached hydrogens (primary N) is 1. The number of hydrogen-bond donors (Lipinski definition) is 3. The van der Waals surface area contributed by atoms with E-state index >= 15 is 0 Å². The molecule has 2 aliphatic rings. The van der Waals surface area contributed by atoms with E-state index in [0.717, 1.165) is 43.0 Å². The molecule has 1 aromatic carbocycles.